The van der Waals surface area contributed by atoms with E-state index in [0.717, 1.165) is 0 Å². The van der Waals surface area contributed by atoms with Crippen LogP contribution in [0, 0.1) is 11.3 Å². The molecule has 0 spiro atoms. The van der Waals surface area contributed by atoms with Gasteiger partial charge < -0.3 is 5.73 Å². The van der Waals surface area contributed by atoms with Crippen LogP contribution in [0.25, 0.3) is 0 Å². The lowest BCUT2D eigenvalue weighted by atomic mass is 10.2. The largest absolute Gasteiger partial charge is 0.398 e. The number of anilines is 1. The smallest absolute Gasteiger partial charge is 0.240 e. The molecule has 3 N–H and O–H groups in total. The van der Waals surface area contributed by atoms with Crippen LogP contribution in [0.4, 0.5) is 5.69 Å². The van der Waals surface area contributed by atoms with Crippen molar-refractivity contribution in [2.45, 2.75) is 11.4 Å². The highest BCUT2D eigenvalue weighted by molar-refractivity contribution is 7.89. The van der Waals surface area contributed by atoms with Crippen LogP contribution in [0.3, 0.4) is 0 Å². The molecule has 2 aromatic carbocycles. The Morgan fingerprint density at radius 3 is 2.60 bits per heavy atom. The summed E-state index contributed by atoms with van der Waals surface area (Å²) in [5, 5.41) is 8.79. The Labute approximate surface area is 117 Å². The number of hydrogen-bond acceptors (Lipinski definition) is 4. The van der Waals surface area contributed by atoms with Gasteiger partial charge in [0, 0.05) is 12.2 Å². The number of para-hydroxylation sites is 1. The van der Waals surface area contributed by atoms with Gasteiger partial charge in [0.05, 0.1) is 16.5 Å². The van der Waals surface area contributed by atoms with E-state index in [-0.39, 0.29) is 11.4 Å². The van der Waals surface area contributed by atoms with Crippen LogP contribution in [0.2, 0.25) is 0 Å². The van der Waals surface area contributed by atoms with Gasteiger partial charge in [-0.2, -0.15) is 5.26 Å². The highest BCUT2D eigenvalue weighted by Gasteiger charge is 2.14. The highest BCUT2D eigenvalue weighted by Crippen LogP contribution is 2.14. The standard InChI is InChI=1S/C14H13N3O2S/c15-9-11-4-3-6-13(8-11)20(18,19)17-10-12-5-1-2-7-14(12)16/h1-8,17H,10,16H2. The molecule has 0 aliphatic carbocycles. The van der Waals surface area contributed by atoms with Gasteiger partial charge in [0.15, 0.2) is 0 Å². The first-order valence-corrected chi connectivity index (χ1v) is 7.34. The van der Waals surface area contributed by atoms with Crippen molar-refractivity contribution in [1.29, 1.82) is 5.26 Å². The Hall–Kier alpha value is -2.36. The van der Waals surface area contributed by atoms with Crippen LogP contribution < -0.4 is 10.5 Å². The maximum atomic E-state index is 12.1. The number of benzene rings is 2. The number of rotatable bonds is 4. The second-order valence-electron chi connectivity index (χ2n) is 4.16. The number of hydrogen-bond donors (Lipinski definition) is 2. The van der Waals surface area contributed by atoms with Gasteiger partial charge >= 0.3 is 0 Å². The Morgan fingerprint density at radius 1 is 1.15 bits per heavy atom. The maximum Gasteiger partial charge on any atom is 0.240 e. The molecule has 0 bridgehead atoms. The van der Waals surface area contributed by atoms with E-state index in [2.05, 4.69) is 4.72 Å². The van der Waals surface area contributed by atoms with Crippen molar-refractivity contribution in [3.63, 3.8) is 0 Å². The molecule has 0 aromatic heterocycles. The number of nitrogens with one attached hydrogen (secondary N) is 1. The van der Waals surface area contributed by atoms with Gasteiger partial charge in [-0.25, -0.2) is 13.1 Å². The fraction of sp³-hybridized carbons (Fsp3) is 0.0714. The Bertz CT molecular complexity index is 764. The third-order valence-electron chi connectivity index (χ3n) is 2.78. The van der Waals surface area contributed by atoms with Crippen molar-refractivity contribution in [2.24, 2.45) is 0 Å². The second kappa shape index (κ2) is 5.74. The molecule has 0 saturated heterocycles. The molecule has 0 atom stereocenters. The first-order chi connectivity index (χ1) is 9.53. The zero-order valence-electron chi connectivity index (χ0n) is 10.6. The Kier molecular flexibility index (Phi) is 4.03. The van der Waals surface area contributed by atoms with E-state index >= 15 is 0 Å². The molecule has 0 aliphatic heterocycles. The molecule has 0 saturated carbocycles. The molecular formula is C14H13N3O2S. The average Bonchev–Trinajstić information content (AvgIpc) is 2.46. The van der Waals surface area contributed by atoms with Gasteiger partial charge in [0.2, 0.25) is 10.0 Å². The van der Waals surface area contributed by atoms with E-state index < -0.39 is 10.0 Å². The lowest BCUT2D eigenvalue weighted by Crippen LogP contribution is -2.23. The van der Waals surface area contributed by atoms with E-state index in [1.807, 2.05) is 6.07 Å². The predicted octanol–water partition coefficient (Wildman–Crippen LogP) is 1.62. The summed E-state index contributed by atoms with van der Waals surface area (Å²) in [6, 6.07) is 14.8. The average molecular weight is 287 g/mol. The van der Waals surface area contributed by atoms with Crippen LogP contribution in [-0.4, -0.2) is 8.42 Å². The number of nitriles is 1. The topological polar surface area (TPSA) is 96.0 Å². The maximum absolute atomic E-state index is 12.1. The van der Waals surface area contributed by atoms with E-state index in [1.54, 1.807) is 30.3 Å². The van der Waals surface area contributed by atoms with E-state index in [9.17, 15) is 8.42 Å². The summed E-state index contributed by atoms with van der Waals surface area (Å²) in [4.78, 5) is 0.0612. The minimum atomic E-state index is -3.66. The van der Waals surface area contributed by atoms with E-state index in [1.165, 1.54) is 18.2 Å². The molecular weight excluding hydrogens is 274 g/mol. The van der Waals surface area contributed by atoms with E-state index in [4.69, 9.17) is 11.0 Å². The normalized spacial score (nSPS) is 10.9. The third-order valence-corrected chi connectivity index (χ3v) is 4.18. The zero-order chi connectivity index (χ0) is 14.6. The molecule has 0 heterocycles. The van der Waals surface area contributed by atoms with Gasteiger partial charge in [-0.3, -0.25) is 0 Å². The van der Waals surface area contributed by atoms with Crippen LogP contribution in [0.15, 0.2) is 53.4 Å². The monoisotopic (exact) mass is 287 g/mol. The highest BCUT2D eigenvalue weighted by atomic mass is 32.2. The van der Waals surface area contributed by atoms with Crippen LogP contribution >= 0.6 is 0 Å². The summed E-state index contributed by atoms with van der Waals surface area (Å²) in [7, 11) is -3.66. The second-order valence-corrected chi connectivity index (χ2v) is 5.93. The van der Waals surface area contributed by atoms with E-state index in [0.29, 0.717) is 16.8 Å². The van der Waals surface area contributed by atoms with Gasteiger partial charge in [0.25, 0.3) is 0 Å². The number of nitrogen functional groups attached to an aromatic ring is 1. The molecule has 0 radical (unpaired) electrons. The van der Waals surface area contributed by atoms with Crippen molar-refractivity contribution in [2.75, 3.05) is 5.73 Å². The van der Waals surface area contributed by atoms with Gasteiger partial charge in [-0.1, -0.05) is 24.3 Å². The molecule has 20 heavy (non-hydrogen) atoms. The molecule has 5 nitrogen and oxygen atoms in total. The van der Waals surface area contributed by atoms with Gasteiger partial charge in [-0.15, -0.1) is 0 Å². The van der Waals surface area contributed by atoms with Gasteiger partial charge in [-0.05, 0) is 29.8 Å². The van der Waals surface area contributed by atoms with Crippen molar-refractivity contribution in [3.05, 3.63) is 59.7 Å². The minimum Gasteiger partial charge on any atom is -0.398 e. The first-order valence-electron chi connectivity index (χ1n) is 5.86. The predicted molar refractivity (Wildman–Crippen MR) is 76.0 cm³/mol. The van der Waals surface area contributed by atoms with Gasteiger partial charge in [0.1, 0.15) is 0 Å². The fourth-order valence-corrected chi connectivity index (χ4v) is 2.74. The Morgan fingerprint density at radius 2 is 1.90 bits per heavy atom. The molecule has 2 rings (SSSR count). The fourth-order valence-electron chi connectivity index (χ4n) is 1.68. The van der Waals surface area contributed by atoms with Crippen molar-refractivity contribution in [3.8, 4) is 6.07 Å². The molecule has 0 aliphatic rings. The van der Waals surface area contributed by atoms with Crippen molar-refractivity contribution >= 4 is 15.7 Å². The minimum absolute atomic E-state index is 0.0612. The quantitative estimate of drug-likeness (QED) is 0.835. The molecule has 0 amide bonds. The molecule has 2 aromatic rings. The molecule has 0 unspecified atom stereocenters. The summed E-state index contributed by atoms with van der Waals surface area (Å²) < 4.78 is 26.7. The third kappa shape index (κ3) is 3.15. The van der Waals surface area contributed by atoms with Crippen molar-refractivity contribution in [1.82, 2.24) is 4.72 Å². The summed E-state index contributed by atoms with van der Waals surface area (Å²) in [6.07, 6.45) is 0. The van der Waals surface area contributed by atoms with Crippen LogP contribution in [0.5, 0.6) is 0 Å². The number of nitrogens with zero attached hydrogens (tertiary/aromatic N) is 1. The summed E-state index contributed by atoms with van der Waals surface area (Å²) >= 11 is 0. The molecule has 0 fully saturated rings. The van der Waals surface area contributed by atoms with Crippen molar-refractivity contribution < 1.29 is 8.42 Å². The molecule has 102 valence electrons. The lowest BCUT2D eigenvalue weighted by molar-refractivity contribution is 0.581. The number of nitrogens with two attached hydrogens (primary N) is 1. The summed E-state index contributed by atoms with van der Waals surface area (Å²) in [5.74, 6) is 0. The zero-order valence-corrected chi connectivity index (χ0v) is 11.4. The number of sulfonamides is 1. The Balaban J connectivity index is 2.20. The first kappa shape index (κ1) is 14.1. The van der Waals surface area contributed by atoms with Crippen LogP contribution in [-0.2, 0) is 16.6 Å². The summed E-state index contributed by atoms with van der Waals surface area (Å²) in [5.41, 5.74) is 7.28. The lowest BCUT2D eigenvalue weighted by Gasteiger charge is -2.08. The summed E-state index contributed by atoms with van der Waals surface area (Å²) in [6.45, 7) is 0.103. The SMILES string of the molecule is N#Cc1cccc(S(=O)(=O)NCc2ccccc2N)c1. The van der Waals surface area contributed by atoms with Crippen LogP contribution in [0.1, 0.15) is 11.1 Å². The molecule has 6 heteroatoms.